The van der Waals surface area contributed by atoms with E-state index in [1.807, 2.05) is 6.07 Å². The highest BCUT2D eigenvalue weighted by atomic mass is 16.3. The molecule has 1 atom stereocenters. The summed E-state index contributed by atoms with van der Waals surface area (Å²) >= 11 is 0. The molecule has 0 radical (unpaired) electrons. The average molecular weight is 348 g/mol. The van der Waals surface area contributed by atoms with Crippen molar-refractivity contribution in [2.45, 2.75) is 51.0 Å². The number of aliphatic hydroxyl groups excluding tert-OH is 1. The number of aliphatic hydroxyl groups is 1. The first kappa shape index (κ1) is 16.1. The smallest absolute Gasteiger partial charge is 0.177 e. The summed E-state index contributed by atoms with van der Waals surface area (Å²) in [7, 11) is 0. The van der Waals surface area contributed by atoms with Gasteiger partial charge in [0.15, 0.2) is 5.78 Å². The van der Waals surface area contributed by atoms with Gasteiger partial charge in [-0.25, -0.2) is 0 Å². The number of terminal acetylenes is 1. The van der Waals surface area contributed by atoms with Crippen molar-refractivity contribution in [1.29, 1.82) is 0 Å². The summed E-state index contributed by atoms with van der Waals surface area (Å²) < 4.78 is 0. The number of nitrogens with zero attached hydrogens (tertiary/aromatic N) is 2. The first-order valence-corrected chi connectivity index (χ1v) is 9.76. The molecule has 2 saturated carbocycles. The fraction of sp³-hybridized carbons (Fsp3) is 0.545. The normalized spacial score (nSPS) is 25.1. The minimum atomic E-state index is -0.510. The molecule has 1 aliphatic heterocycles. The van der Waals surface area contributed by atoms with Gasteiger partial charge in [0.05, 0.1) is 23.1 Å². The molecule has 0 amide bonds. The zero-order valence-corrected chi connectivity index (χ0v) is 15.0. The van der Waals surface area contributed by atoms with E-state index >= 15 is 0 Å². The number of likely N-dealkylation sites (tertiary alicyclic amines) is 1. The highest BCUT2D eigenvalue weighted by Crippen LogP contribution is 2.54. The SMILES string of the molecule is C#CC1=C(N2CCC3(CC2)CC3)c2cc(C(O)C3CC3)ncc2CC1=O. The van der Waals surface area contributed by atoms with Crippen LogP contribution in [0.2, 0.25) is 0 Å². The monoisotopic (exact) mass is 348 g/mol. The third kappa shape index (κ3) is 2.57. The molecule has 134 valence electrons. The van der Waals surface area contributed by atoms with Gasteiger partial charge >= 0.3 is 0 Å². The van der Waals surface area contributed by atoms with Crippen LogP contribution in [0.15, 0.2) is 17.8 Å². The van der Waals surface area contributed by atoms with Gasteiger partial charge in [-0.3, -0.25) is 9.78 Å². The summed E-state index contributed by atoms with van der Waals surface area (Å²) in [6.45, 7) is 1.91. The third-order valence-corrected chi connectivity index (χ3v) is 6.74. The van der Waals surface area contributed by atoms with Crippen molar-refractivity contribution in [1.82, 2.24) is 9.88 Å². The molecule has 4 heteroatoms. The second kappa shape index (κ2) is 5.69. The van der Waals surface area contributed by atoms with E-state index in [2.05, 4.69) is 15.8 Å². The zero-order chi connectivity index (χ0) is 17.9. The minimum absolute atomic E-state index is 0.0130. The number of hydrogen-bond donors (Lipinski definition) is 1. The van der Waals surface area contributed by atoms with Crippen molar-refractivity contribution in [3.63, 3.8) is 0 Å². The summed E-state index contributed by atoms with van der Waals surface area (Å²) in [5.41, 5.74) is 4.63. The fourth-order valence-electron chi connectivity index (χ4n) is 4.56. The highest BCUT2D eigenvalue weighted by Gasteiger charge is 2.45. The van der Waals surface area contributed by atoms with Crippen LogP contribution in [0.1, 0.15) is 61.4 Å². The lowest BCUT2D eigenvalue weighted by atomic mass is 9.86. The number of fused-ring (bicyclic) bond motifs is 1. The summed E-state index contributed by atoms with van der Waals surface area (Å²) in [5.74, 6) is 3.01. The Labute approximate surface area is 154 Å². The van der Waals surface area contributed by atoms with E-state index in [0.29, 0.717) is 29.0 Å². The van der Waals surface area contributed by atoms with Crippen molar-refractivity contribution in [2.75, 3.05) is 13.1 Å². The number of carbonyl (C=O) groups is 1. The van der Waals surface area contributed by atoms with E-state index in [1.165, 1.54) is 25.7 Å². The molecule has 1 unspecified atom stereocenters. The summed E-state index contributed by atoms with van der Waals surface area (Å²) in [4.78, 5) is 19.4. The van der Waals surface area contributed by atoms with Gasteiger partial charge in [0, 0.05) is 31.3 Å². The second-order valence-electron chi connectivity index (χ2n) is 8.50. The molecule has 1 aromatic rings. The summed E-state index contributed by atoms with van der Waals surface area (Å²) in [6.07, 6.45) is 14.5. The number of pyridine rings is 1. The van der Waals surface area contributed by atoms with E-state index in [-0.39, 0.29) is 5.78 Å². The van der Waals surface area contributed by atoms with E-state index < -0.39 is 6.10 Å². The number of carbonyl (C=O) groups excluding carboxylic acids is 1. The second-order valence-corrected chi connectivity index (χ2v) is 8.50. The Morgan fingerprint density at radius 3 is 2.62 bits per heavy atom. The quantitative estimate of drug-likeness (QED) is 0.854. The van der Waals surface area contributed by atoms with Gasteiger partial charge in [0.2, 0.25) is 0 Å². The molecule has 1 saturated heterocycles. The molecule has 1 spiro atoms. The topological polar surface area (TPSA) is 53.4 Å². The van der Waals surface area contributed by atoms with Gasteiger partial charge in [0.1, 0.15) is 0 Å². The molecule has 0 aromatic carbocycles. The average Bonchev–Trinajstić information content (AvgIpc) is 3.57. The van der Waals surface area contributed by atoms with E-state index in [1.54, 1.807) is 6.20 Å². The molecule has 5 rings (SSSR count). The number of allylic oxidation sites excluding steroid dienone is 1. The third-order valence-electron chi connectivity index (χ3n) is 6.74. The standard InChI is InChI=1S/C22H24N2O2/c1-2-16-19(25)11-15-13-23-18(21(26)14-3-4-14)12-17(15)20(16)24-9-7-22(5-6-22)8-10-24/h1,12-14,21,26H,3-11H2. The van der Waals surface area contributed by atoms with Crippen LogP contribution in [-0.2, 0) is 11.2 Å². The molecule has 26 heavy (non-hydrogen) atoms. The number of Topliss-reactive ketones (excluding diaryl/α,β-unsaturated/α-hetero) is 1. The van der Waals surface area contributed by atoms with Crippen molar-refractivity contribution in [3.8, 4) is 12.3 Å². The van der Waals surface area contributed by atoms with Crippen LogP contribution in [0.5, 0.6) is 0 Å². The Morgan fingerprint density at radius 1 is 1.27 bits per heavy atom. The zero-order valence-electron chi connectivity index (χ0n) is 15.0. The van der Waals surface area contributed by atoms with Crippen LogP contribution in [0.3, 0.4) is 0 Å². The van der Waals surface area contributed by atoms with Gasteiger partial charge in [-0.15, -0.1) is 6.42 Å². The van der Waals surface area contributed by atoms with Crippen LogP contribution in [0.4, 0.5) is 0 Å². The molecular weight excluding hydrogens is 324 g/mol. The summed E-state index contributed by atoms with van der Waals surface area (Å²) in [6, 6.07) is 1.99. The molecule has 3 fully saturated rings. The molecule has 3 aliphatic carbocycles. The van der Waals surface area contributed by atoms with Crippen LogP contribution in [0, 0.1) is 23.7 Å². The number of piperidine rings is 1. The lowest BCUT2D eigenvalue weighted by Gasteiger charge is -2.38. The van der Waals surface area contributed by atoms with E-state index in [0.717, 1.165) is 42.8 Å². The summed E-state index contributed by atoms with van der Waals surface area (Å²) in [5, 5.41) is 10.5. The van der Waals surface area contributed by atoms with Crippen LogP contribution in [-0.4, -0.2) is 33.9 Å². The Hall–Kier alpha value is -2.12. The Bertz CT molecular complexity index is 845. The Kier molecular flexibility index (Phi) is 3.52. The molecule has 4 aliphatic rings. The lowest BCUT2D eigenvalue weighted by Crippen LogP contribution is -2.36. The van der Waals surface area contributed by atoms with E-state index in [9.17, 15) is 9.90 Å². The number of hydrogen-bond acceptors (Lipinski definition) is 4. The van der Waals surface area contributed by atoms with Crippen molar-refractivity contribution >= 4 is 11.5 Å². The van der Waals surface area contributed by atoms with Gasteiger partial charge in [0.25, 0.3) is 0 Å². The molecule has 2 heterocycles. The minimum Gasteiger partial charge on any atom is -0.387 e. The van der Waals surface area contributed by atoms with E-state index in [4.69, 9.17) is 6.42 Å². The predicted molar refractivity (Wildman–Crippen MR) is 98.9 cm³/mol. The first-order valence-electron chi connectivity index (χ1n) is 9.76. The van der Waals surface area contributed by atoms with Gasteiger partial charge in [-0.1, -0.05) is 5.92 Å². The largest absolute Gasteiger partial charge is 0.387 e. The maximum atomic E-state index is 12.6. The van der Waals surface area contributed by atoms with Gasteiger partial charge in [-0.2, -0.15) is 0 Å². The highest BCUT2D eigenvalue weighted by molar-refractivity contribution is 6.10. The van der Waals surface area contributed by atoms with Crippen molar-refractivity contribution < 1.29 is 9.90 Å². The molecule has 4 nitrogen and oxygen atoms in total. The molecule has 1 N–H and O–H groups in total. The first-order chi connectivity index (χ1) is 12.6. The predicted octanol–water partition coefficient (Wildman–Crippen LogP) is 2.87. The maximum Gasteiger partial charge on any atom is 0.177 e. The molecule has 1 aromatic heterocycles. The Balaban J connectivity index is 1.55. The van der Waals surface area contributed by atoms with Crippen molar-refractivity contribution in [3.05, 3.63) is 34.7 Å². The van der Waals surface area contributed by atoms with Gasteiger partial charge in [-0.05, 0) is 61.5 Å². The number of rotatable bonds is 3. The molecule has 0 bridgehead atoms. The Morgan fingerprint density at radius 2 is 2.00 bits per heavy atom. The fourth-order valence-corrected chi connectivity index (χ4v) is 4.56. The number of aromatic nitrogens is 1. The van der Waals surface area contributed by atoms with Crippen LogP contribution < -0.4 is 0 Å². The van der Waals surface area contributed by atoms with Crippen LogP contribution in [0.25, 0.3) is 5.70 Å². The molecular formula is C22H24N2O2. The number of ketones is 1. The van der Waals surface area contributed by atoms with Crippen molar-refractivity contribution in [2.24, 2.45) is 11.3 Å². The van der Waals surface area contributed by atoms with Crippen LogP contribution >= 0.6 is 0 Å². The maximum absolute atomic E-state index is 12.6. The van der Waals surface area contributed by atoms with Gasteiger partial charge < -0.3 is 10.0 Å². The lowest BCUT2D eigenvalue weighted by molar-refractivity contribution is -0.114.